The molecule has 0 aliphatic carbocycles. The Balaban J connectivity index is 1.91. The zero-order valence-corrected chi connectivity index (χ0v) is 18.4. The van der Waals surface area contributed by atoms with Crippen molar-refractivity contribution in [2.24, 2.45) is 5.92 Å². The molecule has 3 rings (SSSR count). The van der Waals surface area contributed by atoms with E-state index in [0.29, 0.717) is 40.1 Å². The van der Waals surface area contributed by atoms with E-state index in [1.807, 2.05) is 12.1 Å². The highest BCUT2D eigenvalue weighted by atomic mass is 16.5. The van der Waals surface area contributed by atoms with Crippen LogP contribution in [0.1, 0.15) is 35.7 Å². The van der Waals surface area contributed by atoms with Crippen molar-refractivity contribution < 1.29 is 19.0 Å². The molecule has 1 atom stereocenters. The van der Waals surface area contributed by atoms with Gasteiger partial charge in [0.15, 0.2) is 11.5 Å². The number of piperidine rings is 1. The minimum Gasteiger partial charge on any atom is -0.493 e. The normalized spacial score (nSPS) is 16.2. The number of nitrogen functional groups attached to an aromatic ring is 1. The van der Waals surface area contributed by atoms with Crippen LogP contribution in [0.25, 0.3) is 0 Å². The van der Waals surface area contributed by atoms with E-state index in [1.54, 1.807) is 12.1 Å². The largest absolute Gasteiger partial charge is 0.493 e. The first-order valence-corrected chi connectivity index (χ1v) is 10.1. The Bertz CT molecular complexity index is 904. The molecule has 0 aromatic heterocycles. The molecule has 1 fully saturated rings. The molecule has 7 nitrogen and oxygen atoms in total. The number of nitrogens with two attached hydrogens (primary N) is 1. The Kier molecular flexibility index (Phi) is 6.59. The number of ether oxygens (including phenoxy) is 3. The van der Waals surface area contributed by atoms with Gasteiger partial charge in [-0.05, 0) is 55.5 Å². The standard InChI is InChI=1S/C23H31N3O4/c1-14-7-6-8-26(13-14)19-12-18(17(24)9-15(19)2)25-23(27)16-10-20(28-3)22(30-5)21(11-16)29-4/h9-12,14H,6-8,13,24H2,1-5H3,(H,25,27)/t14-/m0/s1. The first-order chi connectivity index (χ1) is 14.4. The zero-order chi connectivity index (χ0) is 21.8. The van der Waals surface area contributed by atoms with Gasteiger partial charge in [-0.15, -0.1) is 0 Å². The van der Waals surface area contributed by atoms with Gasteiger partial charge in [-0.2, -0.15) is 0 Å². The molecule has 0 spiro atoms. The highest BCUT2D eigenvalue weighted by Crippen LogP contribution is 2.39. The number of rotatable bonds is 6. The van der Waals surface area contributed by atoms with Crippen molar-refractivity contribution in [3.63, 3.8) is 0 Å². The summed E-state index contributed by atoms with van der Waals surface area (Å²) in [7, 11) is 4.56. The van der Waals surface area contributed by atoms with E-state index in [9.17, 15) is 4.79 Å². The number of carbonyl (C=O) groups is 1. The van der Waals surface area contributed by atoms with E-state index in [2.05, 4.69) is 24.1 Å². The zero-order valence-electron chi connectivity index (χ0n) is 18.4. The maximum Gasteiger partial charge on any atom is 0.255 e. The fourth-order valence-corrected chi connectivity index (χ4v) is 3.98. The predicted octanol–water partition coefficient (Wildman–Crippen LogP) is 4.09. The lowest BCUT2D eigenvalue weighted by Crippen LogP contribution is -2.34. The Morgan fingerprint density at radius 2 is 1.77 bits per heavy atom. The summed E-state index contributed by atoms with van der Waals surface area (Å²) in [6, 6.07) is 7.13. The maximum absolute atomic E-state index is 13.0. The lowest BCUT2D eigenvalue weighted by molar-refractivity contribution is 0.102. The Morgan fingerprint density at radius 3 is 2.33 bits per heavy atom. The average molecular weight is 414 g/mol. The van der Waals surface area contributed by atoms with Crippen LogP contribution in [0.2, 0.25) is 0 Å². The van der Waals surface area contributed by atoms with Crippen molar-refractivity contribution in [1.29, 1.82) is 0 Å². The van der Waals surface area contributed by atoms with E-state index in [0.717, 1.165) is 30.8 Å². The molecular weight excluding hydrogens is 382 g/mol. The highest BCUT2D eigenvalue weighted by molar-refractivity contribution is 6.07. The molecule has 0 radical (unpaired) electrons. The molecular formula is C23H31N3O4. The van der Waals surface area contributed by atoms with Crippen LogP contribution < -0.4 is 30.2 Å². The van der Waals surface area contributed by atoms with Gasteiger partial charge in [-0.1, -0.05) is 6.92 Å². The van der Waals surface area contributed by atoms with E-state index < -0.39 is 0 Å². The van der Waals surface area contributed by atoms with Crippen LogP contribution in [0.4, 0.5) is 17.1 Å². The summed E-state index contributed by atoms with van der Waals surface area (Å²) >= 11 is 0. The lowest BCUT2D eigenvalue weighted by atomic mass is 9.98. The van der Waals surface area contributed by atoms with E-state index in [4.69, 9.17) is 19.9 Å². The quantitative estimate of drug-likeness (QED) is 0.694. The van der Waals surface area contributed by atoms with Gasteiger partial charge >= 0.3 is 0 Å². The van der Waals surface area contributed by atoms with Crippen molar-refractivity contribution in [3.05, 3.63) is 35.4 Å². The number of carbonyl (C=O) groups excluding carboxylic acids is 1. The predicted molar refractivity (Wildman–Crippen MR) is 120 cm³/mol. The summed E-state index contributed by atoms with van der Waals surface area (Å²) in [5.74, 6) is 1.62. The minimum atomic E-state index is -0.303. The average Bonchev–Trinajstić information content (AvgIpc) is 2.74. The number of hydrogen-bond acceptors (Lipinski definition) is 6. The number of anilines is 3. The number of nitrogens with zero attached hydrogens (tertiary/aromatic N) is 1. The fourth-order valence-electron chi connectivity index (χ4n) is 3.98. The van der Waals surface area contributed by atoms with E-state index in [-0.39, 0.29) is 5.91 Å². The molecule has 1 heterocycles. The van der Waals surface area contributed by atoms with Gasteiger partial charge in [0, 0.05) is 24.3 Å². The van der Waals surface area contributed by atoms with Gasteiger partial charge in [0.1, 0.15) is 0 Å². The molecule has 1 aliphatic rings. The van der Waals surface area contributed by atoms with Gasteiger partial charge < -0.3 is 30.2 Å². The summed E-state index contributed by atoms with van der Waals surface area (Å²) < 4.78 is 16.0. The van der Waals surface area contributed by atoms with Crippen LogP contribution in [-0.2, 0) is 0 Å². The topological polar surface area (TPSA) is 86.1 Å². The Hall–Kier alpha value is -3.09. The number of hydrogen-bond donors (Lipinski definition) is 2. The molecule has 1 saturated heterocycles. The molecule has 1 aliphatic heterocycles. The van der Waals surface area contributed by atoms with Crippen LogP contribution in [0.3, 0.4) is 0 Å². The molecule has 162 valence electrons. The molecule has 1 amide bonds. The van der Waals surface area contributed by atoms with Gasteiger partial charge in [-0.25, -0.2) is 0 Å². The molecule has 7 heteroatoms. The summed E-state index contributed by atoms with van der Waals surface area (Å²) in [5.41, 5.74) is 9.95. The number of benzene rings is 2. The van der Waals surface area contributed by atoms with Crippen LogP contribution in [-0.4, -0.2) is 40.3 Å². The first-order valence-electron chi connectivity index (χ1n) is 10.1. The number of amides is 1. The second-order valence-corrected chi connectivity index (χ2v) is 7.79. The van der Waals surface area contributed by atoms with Gasteiger partial charge in [0.05, 0.1) is 32.7 Å². The van der Waals surface area contributed by atoms with E-state index in [1.165, 1.54) is 27.8 Å². The highest BCUT2D eigenvalue weighted by Gasteiger charge is 2.21. The lowest BCUT2D eigenvalue weighted by Gasteiger charge is -2.34. The number of aryl methyl sites for hydroxylation is 1. The SMILES string of the molecule is COc1cc(C(=O)Nc2cc(N3CCC[C@H](C)C3)c(C)cc2N)cc(OC)c1OC. The Morgan fingerprint density at radius 1 is 1.10 bits per heavy atom. The van der Waals surface area contributed by atoms with Gasteiger partial charge in [0.25, 0.3) is 5.91 Å². The molecule has 0 saturated carbocycles. The van der Waals surface area contributed by atoms with Crippen molar-refractivity contribution in [2.75, 3.05) is 50.4 Å². The summed E-state index contributed by atoms with van der Waals surface area (Å²) in [6.45, 7) is 6.34. The number of nitrogens with one attached hydrogen (secondary N) is 1. The summed E-state index contributed by atoms with van der Waals surface area (Å²) in [6.07, 6.45) is 2.41. The van der Waals surface area contributed by atoms with Crippen LogP contribution >= 0.6 is 0 Å². The number of methoxy groups -OCH3 is 3. The van der Waals surface area contributed by atoms with Crippen molar-refractivity contribution in [1.82, 2.24) is 0 Å². The Labute approximate surface area is 178 Å². The molecule has 0 unspecified atom stereocenters. The minimum absolute atomic E-state index is 0.303. The van der Waals surface area contributed by atoms with E-state index >= 15 is 0 Å². The third-order valence-electron chi connectivity index (χ3n) is 5.54. The first kappa shape index (κ1) is 21.6. The molecule has 2 aromatic carbocycles. The third kappa shape index (κ3) is 4.40. The molecule has 2 aromatic rings. The van der Waals surface area contributed by atoms with Crippen molar-refractivity contribution in [3.8, 4) is 17.2 Å². The second-order valence-electron chi connectivity index (χ2n) is 7.79. The smallest absolute Gasteiger partial charge is 0.255 e. The van der Waals surface area contributed by atoms with Crippen molar-refractivity contribution >= 4 is 23.0 Å². The molecule has 30 heavy (non-hydrogen) atoms. The fraction of sp³-hybridized carbons (Fsp3) is 0.435. The van der Waals surface area contributed by atoms with Crippen LogP contribution in [0, 0.1) is 12.8 Å². The van der Waals surface area contributed by atoms with Crippen molar-refractivity contribution in [2.45, 2.75) is 26.7 Å². The third-order valence-corrected chi connectivity index (χ3v) is 5.54. The maximum atomic E-state index is 13.0. The van der Waals surface area contributed by atoms with Gasteiger partial charge in [0.2, 0.25) is 5.75 Å². The second kappa shape index (κ2) is 9.15. The summed E-state index contributed by atoms with van der Waals surface area (Å²) in [4.78, 5) is 15.4. The van der Waals surface area contributed by atoms with Gasteiger partial charge in [-0.3, -0.25) is 4.79 Å². The molecule has 3 N–H and O–H groups in total. The van der Waals surface area contributed by atoms with Crippen LogP contribution in [0.5, 0.6) is 17.2 Å². The molecule has 0 bridgehead atoms. The van der Waals surface area contributed by atoms with Crippen LogP contribution in [0.15, 0.2) is 24.3 Å². The monoisotopic (exact) mass is 413 g/mol. The summed E-state index contributed by atoms with van der Waals surface area (Å²) in [5, 5.41) is 2.94.